The predicted molar refractivity (Wildman–Crippen MR) is 162 cm³/mol. The minimum atomic E-state index is -4.03. The van der Waals surface area contributed by atoms with E-state index in [4.69, 9.17) is 5.26 Å². The van der Waals surface area contributed by atoms with Crippen LogP contribution in [0.5, 0.6) is 0 Å². The molecule has 9 nitrogen and oxygen atoms in total. The lowest BCUT2D eigenvalue weighted by atomic mass is 9.90. The summed E-state index contributed by atoms with van der Waals surface area (Å²) in [7, 11) is 1.95. The van der Waals surface area contributed by atoms with Crippen molar-refractivity contribution in [1.82, 2.24) is 15.1 Å². The molecule has 12 heteroatoms. The van der Waals surface area contributed by atoms with Crippen LogP contribution in [0.4, 0.5) is 18.9 Å². The Morgan fingerprint density at radius 3 is 2.31 bits per heavy atom. The Hall–Kier alpha value is -3.95. The minimum absolute atomic E-state index is 0.0394. The maximum atomic E-state index is 15.3. The van der Waals surface area contributed by atoms with Crippen LogP contribution in [0.3, 0.4) is 0 Å². The first-order valence-corrected chi connectivity index (χ1v) is 15.4. The highest BCUT2D eigenvalue weighted by atomic mass is 19.3. The molecular formula is C33H40F3N5O4. The number of likely N-dealkylation sites (N-methyl/N-ethyl adjacent to an activating group) is 1. The van der Waals surface area contributed by atoms with Crippen LogP contribution in [0.2, 0.25) is 0 Å². The Bertz CT molecular complexity index is 1420. The summed E-state index contributed by atoms with van der Waals surface area (Å²) >= 11 is 0. The van der Waals surface area contributed by atoms with Gasteiger partial charge in [-0.25, -0.2) is 4.39 Å². The van der Waals surface area contributed by atoms with Gasteiger partial charge in [-0.2, -0.15) is 14.0 Å². The standard InChI is InChI=1S/C33H40F3N5O4/c1-21(29(42)31(44)41-16-14-40(2)15-17-41)24-12-13-27(26(34)19-24)38-30(43)28(23-9-5-3-4-6-10-23)39-32(45)33(35,36)25-11-7-8-22(18-25)20-37/h7-8,11-13,18-19,21,23,28-29,42H,3-6,9-10,14-17H2,1-2H3,(H,38,43)(H,39,45)/t21-,28?,29+/m0/s1. The number of hydrogen-bond acceptors (Lipinski definition) is 6. The summed E-state index contributed by atoms with van der Waals surface area (Å²) in [5.74, 6) is -9.01. The van der Waals surface area contributed by atoms with Crippen LogP contribution < -0.4 is 10.6 Å². The van der Waals surface area contributed by atoms with E-state index >= 15 is 13.2 Å². The van der Waals surface area contributed by atoms with Gasteiger partial charge in [0.2, 0.25) is 5.91 Å². The molecule has 1 aliphatic carbocycles. The molecule has 2 aromatic rings. The number of amides is 3. The highest BCUT2D eigenvalue weighted by Crippen LogP contribution is 2.32. The van der Waals surface area contributed by atoms with Gasteiger partial charge >= 0.3 is 5.92 Å². The normalized spacial score (nSPS) is 18.6. The summed E-state index contributed by atoms with van der Waals surface area (Å²) in [4.78, 5) is 43.0. The predicted octanol–water partition coefficient (Wildman–Crippen LogP) is 4.12. The quantitative estimate of drug-likeness (QED) is 0.359. The first kappa shape index (κ1) is 33.9. The molecule has 2 aliphatic rings. The monoisotopic (exact) mass is 627 g/mol. The van der Waals surface area contributed by atoms with Crippen LogP contribution in [0, 0.1) is 23.1 Å². The molecule has 1 aliphatic heterocycles. The van der Waals surface area contributed by atoms with Crippen LogP contribution >= 0.6 is 0 Å². The number of halogens is 3. The molecule has 0 aromatic heterocycles. The Labute approximate surface area is 261 Å². The number of nitrogens with one attached hydrogen (secondary N) is 2. The first-order valence-electron chi connectivity index (χ1n) is 15.4. The largest absolute Gasteiger partial charge is 0.383 e. The SMILES string of the molecule is C[C@@H](c1ccc(NC(=O)C(NC(=O)C(F)(F)c2cccc(C#N)c2)C2CCCCCC2)c(F)c1)[C@@H](O)C(=O)N1CCN(C)CC1. The lowest BCUT2D eigenvalue weighted by Gasteiger charge is -2.34. The number of anilines is 1. The fourth-order valence-electron chi connectivity index (χ4n) is 5.93. The molecule has 242 valence electrons. The van der Waals surface area contributed by atoms with E-state index in [1.165, 1.54) is 24.3 Å². The molecule has 0 bridgehead atoms. The van der Waals surface area contributed by atoms with Gasteiger partial charge in [-0.3, -0.25) is 14.4 Å². The molecule has 2 fully saturated rings. The smallest absolute Gasteiger partial charge is 0.349 e. The lowest BCUT2D eigenvalue weighted by Crippen LogP contribution is -2.52. The maximum Gasteiger partial charge on any atom is 0.349 e. The number of carbonyl (C=O) groups is 3. The summed E-state index contributed by atoms with van der Waals surface area (Å²) in [6.07, 6.45) is 2.97. The van der Waals surface area contributed by atoms with Gasteiger partial charge in [0.1, 0.15) is 18.0 Å². The summed E-state index contributed by atoms with van der Waals surface area (Å²) in [6, 6.07) is 8.86. The van der Waals surface area contributed by atoms with Crippen molar-refractivity contribution in [2.45, 2.75) is 69.4 Å². The van der Waals surface area contributed by atoms with Crippen molar-refractivity contribution < 1.29 is 32.7 Å². The van der Waals surface area contributed by atoms with Gasteiger partial charge in [0, 0.05) is 37.7 Å². The molecule has 2 aromatic carbocycles. The zero-order valence-electron chi connectivity index (χ0n) is 25.6. The van der Waals surface area contributed by atoms with E-state index in [2.05, 4.69) is 15.5 Å². The van der Waals surface area contributed by atoms with Gasteiger partial charge in [-0.15, -0.1) is 0 Å². The van der Waals surface area contributed by atoms with Gasteiger partial charge in [-0.05, 0) is 55.6 Å². The minimum Gasteiger partial charge on any atom is -0.383 e. The number of aliphatic hydroxyl groups excluding tert-OH is 1. The number of carbonyl (C=O) groups excluding carboxylic acids is 3. The third-order valence-corrected chi connectivity index (χ3v) is 8.90. The third kappa shape index (κ3) is 8.21. The fraction of sp³-hybridized carbons (Fsp3) is 0.515. The van der Waals surface area contributed by atoms with Gasteiger partial charge < -0.3 is 25.5 Å². The Balaban J connectivity index is 1.50. The number of nitriles is 1. The molecule has 1 saturated heterocycles. The molecule has 3 amide bonds. The number of benzene rings is 2. The summed E-state index contributed by atoms with van der Waals surface area (Å²) in [6.45, 7) is 3.94. The van der Waals surface area contributed by atoms with Crippen molar-refractivity contribution in [2.75, 3.05) is 38.5 Å². The van der Waals surface area contributed by atoms with E-state index in [1.54, 1.807) is 17.9 Å². The average molecular weight is 628 g/mol. The van der Waals surface area contributed by atoms with Crippen LogP contribution in [0.25, 0.3) is 0 Å². The van der Waals surface area contributed by atoms with E-state index in [0.29, 0.717) is 44.6 Å². The van der Waals surface area contributed by atoms with Crippen LogP contribution in [0.1, 0.15) is 68.1 Å². The number of rotatable bonds is 9. The Morgan fingerprint density at radius 2 is 1.69 bits per heavy atom. The van der Waals surface area contributed by atoms with Gasteiger partial charge in [0.05, 0.1) is 17.3 Å². The lowest BCUT2D eigenvalue weighted by molar-refractivity contribution is -0.149. The number of hydrogen-bond donors (Lipinski definition) is 3. The Morgan fingerprint density at radius 1 is 1.02 bits per heavy atom. The maximum absolute atomic E-state index is 15.3. The van der Waals surface area contributed by atoms with Crippen molar-refractivity contribution in [3.8, 4) is 6.07 Å². The number of aliphatic hydroxyl groups is 1. The fourth-order valence-corrected chi connectivity index (χ4v) is 5.93. The van der Waals surface area contributed by atoms with Crippen molar-refractivity contribution in [1.29, 1.82) is 5.26 Å². The van der Waals surface area contributed by atoms with E-state index < -0.39 is 59.0 Å². The third-order valence-electron chi connectivity index (χ3n) is 8.90. The summed E-state index contributed by atoms with van der Waals surface area (Å²) in [5.41, 5.74) is -0.601. The molecule has 1 heterocycles. The molecule has 3 N–H and O–H groups in total. The zero-order chi connectivity index (χ0) is 32.7. The van der Waals surface area contributed by atoms with Gasteiger partial charge in [-0.1, -0.05) is 50.8 Å². The van der Waals surface area contributed by atoms with Gasteiger partial charge in [0.25, 0.3) is 11.8 Å². The molecule has 45 heavy (non-hydrogen) atoms. The zero-order valence-corrected chi connectivity index (χ0v) is 25.6. The van der Waals surface area contributed by atoms with Gasteiger partial charge in [0.15, 0.2) is 0 Å². The molecule has 4 rings (SSSR count). The topological polar surface area (TPSA) is 126 Å². The molecule has 1 saturated carbocycles. The van der Waals surface area contributed by atoms with Crippen molar-refractivity contribution in [3.05, 3.63) is 65.0 Å². The average Bonchev–Trinajstić information content (AvgIpc) is 3.33. The molecule has 0 spiro atoms. The number of alkyl halides is 2. The van der Waals surface area contributed by atoms with Crippen molar-refractivity contribution in [2.24, 2.45) is 5.92 Å². The highest BCUT2D eigenvalue weighted by molar-refractivity contribution is 5.98. The molecule has 3 atom stereocenters. The van der Waals surface area contributed by atoms with E-state index in [9.17, 15) is 19.5 Å². The first-order chi connectivity index (χ1) is 21.4. The highest BCUT2D eigenvalue weighted by Gasteiger charge is 2.44. The summed E-state index contributed by atoms with van der Waals surface area (Å²) in [5, 5.41) is 24.5. The van der Waals surface area contributed by atoms with Crippen molar-refractivity contribution in [3.63, 3.8) is 0 Å². The summed E-state index contributed by atoms with van der Waals surface area (Å²) < 4.78 is 45.8. The number of piperazine rings is 1. The van der Waals surface area contributed by atoms with E-state index in [0.717, 1.165) is 43.9 Å². The second-order valence-corrected chi connectivity index (χ2v) is 12.1. The van der Waals surface area contributed by atoms with Crippen LogP contribution in [-0.4, -0.2) is 78.0 Å². The molecule has 0 radical (unpaired) electrons. The van der Waals surface area contributed by atoms with Crippen molar-refractivity contribution >= 4 is 23.4 Å². The number of nitrogens with zero attached hydrogens (tertiary/aromatic N) is 3. The van der Waals surface area contributed by atoms with E-state index in [-0.39, 0.29) is 11.3 Å². The molecule has 1 unspecified atom stereocenters. The second-order valence-electron chi connectivity index (χ2n) is 12.1. The van der Waals surface area contributed by atoms with E-state index in [1.807, 2.05) is 7.05 Å². The van der Waals surface area contributed by atoms with Crippen LogP contribution in [-0.2, 0) is 20.3 Å². The Kier molecular flexibility index (Phi) is 11.2. The van der Waals surface area contributed by atoms with Crippen LogP contribution in [0.15, 0.2) is 42.5 Å². The second kappa shape index (κ2) is 14.9. The molecular weight excluding hydrogens is 587 g/mol.